The number of hydrogen-bond acceptors (Lipinski definition) is 2. The van der Waals surface area contributed by atoms with Crippen molar-refractivity contribution in [3.8, 4) is 5.75 Å². The van der Waals surface area contributed by atoms with Crippen molar-refractivity contribution in [2.24, 2.45) is 5.73 Å². The summed E-state index contributed by atoms with van der Waals surface area (Å²) < 4.78 is 6.97. The van der Waals surface area contributed by atoms with Crippen LogP contribution < -0.4 is 10.5 Å². The van der Waals surface area contributed by atoms with E-state index in [1.54, 1.807) is 6.07 Å². The monoisotopic (exact) mass is 371 g/mol. The largest absolute Gasteiger partial charge is 0.485 e. The highest BCUT2D eigenvalue weighted by atomic mass is 79.9. The predicted molar refractivity (Wildman–Crippen MR) is 85.5 cm³/mol. The molecule has 1 aliphatic rings. The highest BCUT2D eigenvalue weighted by molar-refractivity contribution is 9.10. The molecule has 0 saturated heterocycles. The highest BCUT2D eigenvalue weighted by Crippen LogP contribution is 2.42. The van der Waals surface area contributed by atoms with E-state index in [-0.39, 0.29) is 12.1 Å². The first-order valence-corrected chi connectivity index (χ1v) is 7.76. The Morgan fingerprint density at radius 3 is 2.65 bits per heavy atom. The zero-order chi connectivity index (χ0) is 14.3. The molecular weight excluding hydrogens is 361 g/mol. The fraction of sp³-hybridized carbons (Fsp3) is 0.200. The molecule has 2 aromatic rings. The van der Waals surface area contributed by atoms with Crippen LogP contribution in [0.15, 0.2) is 40.9 Å². The van der Waals surface area contributed by atoms with Gasteiger partial charge in [0.05, 0.1) is 0 Å². The molecule has 2 atom stereocenters. The SMILES string of the molecule is N[C@H]1CC(c2ccc(Br)cc2Cl)Oc2ccc(Cl)cc21. The maximum absolute atomic E-state index is 6.29. The van der Waals surface area contributed by atoms with Crippen molar-refractivity contribution in [3.05, 3.63) is 62.0 Å². The molecule has 0 bridgehead atoms. The van der Waals surface area contributed by atoms with E-state index in [0.29, 0.717) is 16.5 Å². The Hall–Kier alpha value is -0.740. The number of ether oxygens (including phenoxy) is 1. The van der Waals surface area contributed by atoms with Gasteiger partial charge in [0.1, 0.15) is 11.9 Å². The maximum atomic E-state index is 6.29. The van der Waals surface area contributed by atoms with Gasteiger partial charge >= 0.3 is 0 Å². The third-order valence-corrected chi connectivity index (χ3v) is 4.47. The van der Waals surface area contributed by atoms with Crippen molar-refractivity contribution in [2.45, 2.75) is 18.6 Å². The molecule has 5 heteroatoms. The molecule has 1 heterocycles. The van der Waals surface area contributed by atoms with E-state index in [2.05, 4.69) is 15.9 Å². The van der Waals surface area contributed by atoms with Crippen LogP contribution in [-0.4, -0.2) is 0 Å². The lowest BCUT2D eigenvalue weighted by molar-refractivity contribution is 0.161. The maximum Gasteiger partial charge on any atom is 0.127 e. The Kier molecular flexibility index (Phi) is 3.95. The Labute approximate surface area is 136 Å². The van der Waals surface area contributed by atoms with Crippen LogP contribution >= 0.6 is 39.1 Å². The normalized spacial score (nSPS) is 21.2. The van der Waals surface area contributed by atoms with Crippen LogP contribution in [0, 0.1) is 0 Å². The molecule has 2 aromatic carbocycles. The van der Waals surface area contributed by atoms with Gasteiger partial charge in [0.25, 0.3) is 0 Å². The number of nitrogens with two attached hydrogens (primary N) is 1. The second kappa shape index (κ2) is 5.57. The van der Waals surface area contributed by atoms with Crippen molar-refractivity contribution in [1.82, 2.24) is 0 Å². The number of rotatable bonds is 1. The van der Waals surface area contributed by atoms with Gasteiger partial charge in [-0.2, -0.15) is 0 Å². The molecule has 0 radical (unpaired) electrons. The fourth-order valence-corrected chi connectivity index (χ4v) is 3.40. The Morgan fingerprint density at radius 1 is 1.10 bits per heavy atom. The molecule has 3 rings (SSSR count). The topological polar surface area (TPSA) is 35.2 Å². The standard InChI is InChI=1S/C15H12BrCl2NO/c16-8-1-3-10(12(18)5-8)15-7-13(19)11-6-9(17)2-4-14(11)20-15/h1-6,13,15H,7,19H2/t13-,15?/m0/s1. The highest BCUT2D eigenvalue weighted by Gasteiger charge is 2.28. The lowest BCUT2D eigenvalue weighted by Gasteiger charge is -2.31. The summed E-state index contributed by atoms with van der Waals surface area (Å²) in [6.07, 6.45) is 0.536. The predicted octanol–water partition coefficient (Wildman–Crippen LogP) is 5.28. The number of hydrogen-bond donors (Lipinski definition) is 1. The summed E-state index contributed by atoms with van der Waals surface area (Å²) in [5.74, 6) is 0.775. The second-order valence-electron chi connectivity index (χ2n) is 4.80. The quantitative estimate of drug-likeness (QED) is 0.738. The van der Waals surface area contributed by atoms with E-state index < -0.39 is 0 Å². The summed E-state index contributed by atoms with van der Waals surface area (Å²) in [6.45, 7) is 0. The summed E-state index contributed by atoms with van der Waals surface area (Å²) in [7, 11) is 0. The van der Waals surface area contributed by atoms with Crippen LogP contribution in [0.25, 0.3) is 0 Å². The smallest absolute Gasteiger partial charge is 0.127 e. The summed E-state index contributed by atoms with van der Waals surface area (Å²) in [5, 5.41) is 1.34. The molecule has 104 valence electrons. The molecule has 0 saturated carbocycles. The number of halogens is 3. The van der Waals surface area contributed by atoms with Gasteiger partial charge in [-0.1, -0.05) is 45.2 Å². The molecule has 20 heavy (non-hydrogen) atoms. The first-order valence-electron chi connectivity index (χ1n) is 6.21. The Morgan fingerprint density at radius 2 is 1.90 bits per heavy atom. The van der Waals surface area contributed by atoms with Crippen molar-refractivity contribution in [3.63, 3.8) is 0 Å². The fourth-order valence-electron chi connectivity index (χ4n) is 2.43. The second-order valence-corrected chi connectivity index (χ2v) is 6.56. The molecule has 0 fully saturated rings. The molecule has 2 nitrogen and oxygen atoms in total. The first-order chi connectivity index (χ1) is 9.54. The van der Waals surface area contributed by atoms with Crippen molar-refractivity contribution in [1.29, 1.82) is 0 Å². The van der Waals surface area contributed by atoms with Crippen molar-refractivity contribution in [2.75, 3.05) is 0 Å². The average molecular weight is 373 g/mol. The van der Waals surface area contributed by atoms with E-state index in [0.717, 1.165) is 21.3 Å². The van der Waals surface area contributed by atoms with Crippen LogP contribution in [0.1, 0.15) is 29.7 Å². The Balaban J connectivity index is 1.97. The molecule has 0 aromatic heterocycles. The third-order valence-electron chi connectivity index (χ3n) is 3.42. The van der Waals surface area contributed by atoms with E-state index in [1.165, 1.54) is 0 Å². The van der Waals surface area contributed by atoms with E-state index in [9.17, 15) is 0 Å². The number of benzene rings is 2. The molecule has 0 aliphatic carbocycles. The van der Waals surface area contributed by atoms with Crippen molar-refractivity contribution < 1.29 is 4.74 Å². The van der Waals surface area contributed by atoms with Gasteiger partial charge in [-0.25, -0.2) is 0 Å². The molecule has 2 N–H and O–H groups in total. The first kappa shape index (κ1) is 14.2. The van der Waals surface area contributed by atoms with E-state index >= 15 is 0 Å². The summed E-state index contributed by atoms with van der Waals surface area (Å²) in [4.78, 5) is 0. The van der Waals surface area contributed by atoms with Crippen LogP contribution in [0.3, 0.4) is 0 Å². The molecule has 1 aliphatic heterocycles. The van der Waals surface area contributed by atoms with Gasteiger partial charge in [-0.3, -0.25) is 0 Å². The lowest BCUT2D eigenvalue weighted by Crippen LogP contribution is -2.24. The Bertz CT molecular complexity index is 662. The van der Waals surface area contributed by atoms with Gasteiger partial charge in [-0.05, 0) is 30.3 Å². The van der Waals surface area contributed by atoms with Crippen LogP contribution in [0.5, 0.6) is 5.75 Å². The third kappa shape index (κ3) is 2.68. The minimum atomic E-state index is -0.140. The van der Waals surface area contributed by atoms with E-state index in [1.807, 2.05) is 30.3 Å². The van der Waals surface area contributed by atoms with Gasteiger partial charge in [0, 0.05) is 38.1 Å². The van der Waals surface area contributed by atoms with Gasteiger partial charge in [0.15, 0.2) is 0 Å². The summed E-state index contributed by atoms with van der Waals surface area (Å²) in [5.41, 5.74) is 8.13. The molecular formula is C15H12BrCl2NO. The molecule has 0 spiro atoms. The zero-order valence-corrected chi connectivity index (χ0v) is 13.5. The summed E-state index contributed by atoms with van der Waals surface area (Å²) in [6, 6.07) is 11.2. The van der Waals surface area contributed by atoms with Crippen LogP contribution in [0.4, 0.5) is 0 Å². The van der Waals surface area contributed by atoms with Crippen molar-refractivity contribution >= 4 is 39.1 Å². The van der Waals surface area contributed by atoms with Gasteiger partial charge in [-0.15, -0.1) is 0 Å². The molecule has 0 amide bonds. The average Bonchev–Trinajstić information content (AvgIpc) is 2.39. The van der Waals surface area contributed by atoms with Crippen LogP contribution in [0.2, 0.25) is 10.0 Å². The number of fused-ring (bicyclic) bond motifs is 1. The minimum Gasteiger partial charge on any atom is -0.485 e. The van der Waals surface area contributed by atoms with Gasteiger partial charge < -0.3 is 10.5 Å². The molecule has 1 unspecified atom stereocenters. The van der Waals surface area contributed by atoms with E-state index in [4.69, 9.17) is 33.7 Å². The zero-order valence-electron chi connectivity index (χ0n) is 10.4. The van der Waals surface area contributed by atoms with Crippen LogP contribution in [-0.2, 0) is 0 Å². The van der Waals surface area contributed by atoms with Gasteiger partial charge in [0.2, 0.25) is 0 Å². The minimum absolute atomic E-state index is 0.109. The lowest BCUT2D eigenvalue weighted by atomic mass is 9.93. The summed E-state index contributed by atoms with van der Waals surface area (Å²) >= 11 is 15.7.